The Kier molecular flexibility index (Phi) is 6.38. The summed E-state index contributed by atoms with van der Waals surface area (Å²) in [6, 6.07) is 8.12. The minimum absolute atomic E-state index is 0.00579. The van der Waals surface area contributed by atoms with Gasteiger partial charge in [0.05, 0.1) is 29.0 Å². The van der Waals surface area contributed by atoms with E-state index >= 15 is 0 Å². The van der Waals surface area contributed by atoms with Crippen LogP contribution in [0.1, 0.15) is 31.2 Å². The Morgan fingerprint density at radius 1 is 1.50 bits per heavy atom. The fourth-order valence-corrected chi connectivity index (χ4v) is 3.22. The first-order valence-corrected chi connectivity index (χ1v) is 8.52. The second kappa shape index (κ2) is 8.50. The van der Waals surface area contributed by atoms with E-state index in [2.05, 4.69) is 5.32 Å². The summed E-state index contributed by atoms with van der Waals surface area (Å²) < 4.78 is 19.0. The van der Waals surface area contributed by atoms with Crippen LogP contribution in [0.2, 0.25) is 0 Å². The molecule has 1 aromatic rings. The lowest BCUT2D eigenvalue weighted by Gasteiger charge is -2.25. The van der Waals surface area contributed by atoms with Crippen LogP contribution in [0.15, 0.2) is 34.9 Å². The summed E-state index contributed by atoms with van der Waals surface area (Å²) in [5.74, 6) is -1.87. The third-order valence-electron chi connectivity index (χ3n) is 3.44. The molecule has 0 bridgehead atoms. The maximum Gasteiger partial charge on any atom is 0.316 e. The van der Waals surface area contributed by atoms with E-state index in [0.29, 0.717) is 18.6 Å². The molecule has 24 heavy (non-hydrogen) atoms. The number of nitriles is 1. The summed E-state index contributed by atoms with van der Waals surface area (Å²) in [7, 11) is 0. The van der Waals surface area contributed by atoms with Crippen molar-refractivity contribution in [1.82, 2.24) is 5.32 Å². The quantitative estimate of drug-likeness (QED) is 0.800. The van der Waals surface area contributed by atoms with Crippen molar-refractivity contribution in [1.29, 1.82) is 5.26 Å². The molecule has 1 atom stereocenters. The SMILES string of the molecule is CCCOC(=O)CSC1=C(C#N)C(c2ccccc2F)CC(=O)N1. The number of allylic oxidation sites excluding steroid dienone is 1. The lowest BCUT2D eigenvalue weighted by molar-refractivity contribution is -0.140. The molecular formula is C17H17FN2O3S. The number of nitrogens with zero attached hydrogens (tertiary/aromatic N) is 1. The smallest absolute Gasteiger partial charge is 0.316 e. The first kappa shape index (κ1) is 18.0. The molecule has 0 saturated heterocycles. The van der Waals surface area contributed by atoms with E-state index in [1.807, 2.05) is 13.0 Å². The second-order valence-corrected chi connectivity index (χ2v) is 6.18. The number of hydrogen-bond donors (Lipinski definition) is 1. The molecule has 1 aliphatic heterocycles. The maximum atomic E-state index is 14.0. The molecule has 0 spiro atoms. The zero-order chi connectivity index (χ0) is 17.5. The third-order valence-corrected chi connectivity index (χ3v) is 4.43. The number of halogens is 1. The Bertz CT molecular complexity index is 712. The van der Waals surface area contributed by atoms with E-state index in [1.54, 1.807) is 18.2 Å². The zero-order valence-electron chi connectivity index (χ0n) is 13.2. The first-order chi connectivity index (χ1) is 11.6. The van der Waals surface area contributed by atoms with Crippen LogP contribution < -0.4 is 5.32 Å². The van der Waals surface area contributed by atoms with Crippen LogP contribution in [-0.4, -0.2) is 24.2 Å². The van der Waals surface area contributed by atoms with Crippen molar-refractivity contribution >= 4 is 23.6 Å². The van der Waals surface area contributed by atoms with Crippen molar-refractivity contribution < 1.29 is 18.7 Å². The van der Waals surface area contributed by atoms with Crippen molar-refractivity contribution in [2.75, 3.05) is 12.4 Å². The lowest BCUT2D eigenvalue weighted by Crippen LogP contribution is -2.31. The van der Waals surface area contributed by atoms with Crippen molar-refractivity contribution in [3.63, 3.8) is 0 Å². The van der Waals surface area contributed by atoms with Crippen LogP contribution in [0.25, 0.3) is 0 Å². The minimum atomic E-state index is -0.654. The highest BCUT2D eigenvalue weighted by Crippen LogP contribution is 2.36. The van der Waals surface area contributed by atoms with Gasteiger partial charge in [-0.3, -0.25) is 9.59 Å². The lowest BCUT2D eigenvalue weighted by atomic mass is 9.87. The molecule has 1 N–H and O–H groups in total. The molecule has 0 fully saturated rings. The molecular weight excluding hydrogens is 331 g/mol. The number of nitrogens with one attached hydrogen (secondary N) is 1. The van der Waals surface area contributed by atoms with Gasteiger partial charge in [-0.05, 0) is 18.1 Å². The molecule has 1 heterocycles. The molecule has 1 amide bonds. The number of ether oxygens (including phenoxy) is 1. The van der Waals surface area contributed by atoms with Crippen molar-refractivity contribution in [3.8, 4) is 6.07 Å². The van der Waals surface area contributed by atoms with Gasteiger partial charge in [0.25, 0.3) is 0 Å². The van der Waals surface area contributed by atoms with Crippen LogP contribution in [-0.2, 0) is 14.3 Å². The maximum absolute atomic E-state index is 14.0. The molecule has 0 aliphatic carbocycles. The normalized spacial score (nSPS) is 17.2. The summed E-state index contributed by atoms with van der Waals surface area (Å²) in [5, 5.41) is 12.4. The van der Waals surface area contributed by atoms with Crippen molar-refractivity contribution in [2.24, 2.45) is 0 Å². The zero-order valence-corrected chi connectivity index (χ0v) is 14.0. The molecule has 5 nitrogen and oxygen atoms in total. The van der Waals surface area contributed by atoms with Crippen LogP contribution in [0.4, 0.5) is 4.39 Å². The predicted octanol–water partition coefficient (Wildman–Crippen LogP) is 2.85. The third kappa shape index (κ3) is 4.36. The fraction of sp³-hybridized carbons (Fsp3) is 0.353. The number of amides is 1. The number of thioether (sulfide) groups is 1. The number of rotatable bonds is 6. The Morgan fingerprint density at radius 2 is 2.25 bits per heavy atom. The minimum Gasteiger partial charge on any atom is -0.465 e. The first-order valence-electron chi connectivity index (χ1n) is 7.53. The number of benzene rings is 1. The van der Waals surface area contributed by atoms with Crippen molar-refractivity contribution in [2.45, 2.75) is 25.7 Å². The topological polar surface area (TPSA) is 79.2 Å². The molecule has 0 saturated carbocycles. The van der Waals surface area contributed by atoms with Crippen molar-refractivity contribution in [3.05, 3.63) is 46.2 Å². The average molecular weight is 348 g/mol. The number of esters is 1. The van der Waals surface area contributed by atoms with Crippen LogP contribution in [0.5, 0.6) is 0 Å². The van der Waals surface area contributed by atoms with E-state index in [4.69, 9.17) is 4.74 Å². The predicted molar refractivity (Wildman–Crippen MR) is 88.2 cm³/mol. The number of carbonyl (C=O) groups excluding carboxylic acids is 2. The summed E-state index contributed by atoms with van der Waals surface area (Å²) in [5.41, 5.74) is 0.559. The molecule has 1 aromatic carbocycles. The van der Waals surface area contributed by atoms with Gasteiger partial charge in [0.15, 0.2) is 0 Å². The van der Waals surface area contributed by atoms with E-state index < -0.39 is 17.7 Å². The summed E-state index contributed by atoms with van der Waals surface area (Å²) in [6.07, 6.45) is 0.711. The van der Waals surface area contributed by atoms with Gasteiger partial charge in [0, 0.05) is 12.3 Å². The highest BCUT2D eigenvalue weighted by Gasteiger charge is 2.31. The van der Waals surface area contributed by atoms with Gasteiger partial charge in [0.1, 0.15) is 5.82 Å². The molecule has 1 unspecified atom stereocenters. The molecule has 0 radical (unpaired) electrons. The average Bonchev–Trinajstić information content (AvgIpc) is 2.58. The van der Waals surface area contributed by atoms with Crippen LogP contribution in [0.3, 0.4) is 0 Å². The van der Waals surface area contributed by atoms with Gasteiger partial charge in [-0.1, -0.05) is 36.9 Å². The van der Waals surface area contributed by atoms with Gasteiger partial charge >= 0.3 is 5.97 Å². The van der Waals surface area contributed by atoms with Gasteiger partial charge < -0.3 is 10.1 Å². The van der Waals surface area contributed by atoms with E-state index in [-0.39, 0.29) is 28.7 Å². The molecule has 0 aromatic heterocycles. The second-order valence-electron chi connectivity index (χ2n) is 5.19. The number of hydrogen-bond acceptors (Lipinski definition) is 5. The largest absolute Gasteiger partial charge is 0.465 e. The molecule has 2 rings (SSSR count). The Hall–Kier alpha value is -2.33. The van der Waals surface area contributed by atoms with E-state index in [0.717, 1.165) is 11.8 Å². The highest BCUT2D eigenvalue weighted by atomic mass is 32.2. The fourth-order valence-electron chi connectivity index (χ4n) is 2.35. The van der Waals surface area contributed by atoms with Gasteiger partial charge in [-0.25, -0.2) is 4.39 Å². The summed E-state index contributed by atoms with van der Waals surface area (Å²) in [6.45, 7) is 2.21. The monoisotopic (exact) mass is 348 g/mol. The molecule has 126 valence electrons. The molecule has 1 aliphatic rings. The number of carbonyl (C=O) groups is 2. The Balaban J connectivity index is 2.23. The van der Waals surface area contributed by atoms with E-state index in [1.165, 1.54) is 6.07 Å². The van der Waals surface area contributed by atoms with Gasteiger partial charge in [0.2, 0.25) is 5.91 Å². The Morgan fingerprint density at radius 3 is 2.92 bits per heavy atom. The highest BCUT2D eigenvalue weighted by molar-refractivity contribution is 8.03. The van der Waals surface area contributed by atoms with Gasteiger partial charge in [-0.15, -0.1) is 0 Å². The molecule has 7 heteroatoms. The van der Waals surface area contributed by atoms with E-state index in [9.17, 15) is 19.2 Å². The summed E-state index contributed by atoms with van der Waals surface area (Å²) in [4.78, 5) is 23.5. The standard InChI is InChI=1S/C17H17FN2O3S/c1-2-7-23-16(22)10-24-17-13(9-19)12(8-15(21)20-17)11-5-3-4-6-14(11)18/h3-6,12H,2,7-8,10H2,1H3,(H,20,21). The Labute approximate surface area is 143 Å². The van der Waals surface area contributed by atoms with Crippen LogP contribution >= 0.6 is 11.8 Å². The van der Waals surface area contributed by atoms with Crippen LogP contribution in [0, 0.1) is 17.1 Å². The summed E-state index contributed by atoms with van der Waals surface area (Å²) >= 11 is 1.02. The van der Waals surface area contributed by atoms with Gasteiger partial charge in [-0.2, -0.15) is 5.26 Å².